The van der Waals surface area contributed by atoms with Crippen LogP contribution in [-0.4, -0.2) is 15.4 Å². The molecule has 1 aromatic heterocycles. The van der Waals surface area contributed by atoms with Gasteiger partial charge in [0.2, 0.25) is 0 Å². The molecule has 1 aromatic carbocycles. The standard InChI is InChI=1S/C14H19N3/c1-10-8-9-12-14(16-17-15-12)13(10)11-6-4-2-3-5-7-11/h8-9,11H,2-7H2,1H3,(H,15,16,17). The van der Waals surface area contributed by atoms with Crippen molar-refractivity contribution in [1.82, 2.24) is 15.4 Å². The Morgan fingerprint density at radius 2 is 1.82 bits per heavy atom. The lowest BCUT2D eigenvalue weighted by Crippen LogP contribution is -2.01. The average Bonchev–Trinajstić information content (AvgIpc) is 2.63. The number of hydrogen-bond donors (Lipinski definition) is 1. The van der Waals surface area contributed by atoms with Gasteiger partial charge in [-0.05, 0) is 42.9 Å². The molecule has 2 aromatic rings. The number of aromatic amines is 1. The summed E-state index contributed by atoms with van der Waals surface area (Å²) in [4.78, 5) is 0. The lowest BCUT2D eigenvalue weighted by molar-refractivity contribution is 0.592. The number of nitrogens with one attached hydrogen (secondary N) is 1. The van der Waals surface area contributed by atoms with E-state index in [1.165, 1.54) is 49.7 Å². The zero-order valence-electron chi connectivity index (χ0n) is 10.4. The van der Waals surface area contributed by atoms with Crippen LogP contribution in [0.4, 0.5) is 0 Å². The van der Waals surface area contributed by atoms with Crippen molar-refractivity contribution >= 4 is 11.0 Å². The molecule has 0 saturated heterocycles. The number of nitrogens with zero attached hydrogens (tertiary/aromatic N) is 2. The van der Waals surface area contributed by atoms with E-state index < -0.39 is 0 Å². The van der Waals surface area contributed by atoms with Gasteiger partial charge in [0.05, 0.1) is 0 Å². The predicted molar refractivity (Wildman–Crippen MR) is 69.1 cm³/mol. The highest BCUT2D eigenvalue weighted by Gasteiger charge is 2.20. The van der Waals surface area contributed by atoms with Gasteiger partial charge in [0.15, 0.2) is 0 Å². The Bertz CT molecular complexity index is 507. The van der Waals surface area contributed by atoms with E-state index in [1.54, 1.807) is 0 Å². The van der Waals surface area contributed by atoms with Gasteiger partial charge in [-0.2, -0.15) is 15.4 Å². The third-order valence-corrected chi connectivity index (χ3v) is 4.01. The summed E-state index contributed by atoms with van der Waals surface area (Å²) in [6.45, 7) is 2.20. The second kappa shape index (κ2) is 4.47. The molecule has 1 aliphatic rings. The Hall–Kier alpha value is -1.38. The van der Waals surface area contributed by atoms with Crippen molar-refractivity contribution in [3.05, 3.63) is 23.3 Å². The zero-order valence-corrected chi connectivity index (χ0v) is 10.4. The largest absolute Gasteiger partial charge is 0.197 e. The maximum atomic E-state index is 4.35. The highest BCUT2D eigenvalue weighted by atomic mass is 15.3. The number of aromatic nitrogens is 3. The Balaban J connectivity index is 2.07. The average molecular weight is 229 g/mol. The summed E-state index contributed by atoms with van der Waals surface area (Å²) in [5, 5.41) is 11.3. The quantitative estimate of drug-likeness (QED) is 0.757. The van der Waals surface area contributed by atoms with Crippen LogP contribution < -0.4 is 0 Å². The van der Waals surface area contributed by atoms with Crippen molar-refractivity contribution in [2.24, 2.45) is 0 Å². The number of rotatable bonds is 1. The summed E-state index contributed by atoms with van der Waals surface area (Å²) >= 11 is 0. The molecule has 1 fully saturated rings. The number of benzene rings is 1. The SMILES string of the molecule is Cc1ccc2n[nH]nc2c1C1CCCCCC1. The van der Waals surface area contributed by atoms with Crippen LogP contribution in [0.15, 0.2) is 12.1 Å². The van der Waals surface area contributed by atoms with E-state index in [9.17, 15) is 0 Å². The molecule has 1 aliphatic carbocycles. The molecular weight excluding hydrogens is 210 g/mol. The number of hydrogen-bond acceptors (Lipinski definition) is 2. The molecule has 0 amide bonds. The van der Waals surface area contributed by atoms with E-state index in [1.807, 2.05) is 0 Å². The van der Waals surface area contributed by atoms with Gasteiger partial charge in [0.25, 0.3) is 0 Å². The van der Waals surface area contributed by atoms with Crippen LogP contribution in [0.25, 0.3) is 11.0 Å². The summed E-state index contributed by atoms with van der Waals surface area (Å²) in [6.07, 6.45) is 8.13. The minimum absolute atomic E-state index is 0.686. The third-order valence-electron chi connectivity index (χ3n) is 4.01. The van der Waals surface area contributed by atoms with E-state index >= 15 is 0 Å². The Kier molecular flexibility index (Phi) is 2.83. The number of fused-ring (bicyclic) bond motifs is 1. The summed E-state index contributed by atoms with van der Waals surface area (Å²) in [5.74, 6) is 0.686. The van der Waals surface area contributed by atoms with Crippen molar-refractivity contribution < 1.29 is 0 Å². The molecule has 0 bridgehead atoms. The lowest BCUT2D eigenvalue weighted by atomic mass is 9.88. The molecule has 1 heterocycles. The van der Waals surface area contributed by atoms with Gasteiger partial charge in [-0.25, -0.2) is 0 Å². The second-order valence-electron chi connectivity index (χ2n) is 5.18. The molecule has 3 rings (SSSR count). The normalized spacial score (nSPS) is 18.4. The van der Waals surface area contributed by atoms with Gasteiger partial charge in [0, 0.05) is 0 Å². The smallest absolute Gasteiger partial charge is 0.116 e. The molecule has 90 valence electrons. The first-order valence-electron chi connectivity index (χ1n) is 6.66. The van der Waals surface area contributed by atoms with Crippen LogP contribution in [0.3, 0.4) is 0 Å². The highest BCUT2D eigenvalue weighted by molar-refractivity contribution is 5.79. The van der Waals surface area contributed by atoms with Crippen LogP contribution in [0, 0.1) is 6.92 Å². The third kappa shape index (κ3) is 1.94. The molecule has 0 aliphatic heterocycles. The lowest BCUT2D eigenvalue weighted by Gasteiger charge is -2.17. The van der Waals surface area contributed by atoms with Crippen molar-refractivity contribution in [3.63, 3.8) is 0 Å². The molecule has 0 spiro atoms. The van der Waals surface area contributed by atoms with Crippen LogP contribution >= 0.6 is 0 Å². The molecule has 0 unspecified atom stereocenters. The first-order chi connectivity index (χ1) is 8.36. The van der Waals surface area contributed by atoms with E-state index in [0.29, 0.717) is 5.92 Å². The molecule has 0 atom stereocenters. The fourth-order valence-corrected chi connectivity index (χ4v) is 3.12. The van der Waals surface area contributed by atoms with Crippen LogP contribution in [0.5, 0.6) is 0 Å². The van der Waals surface area contributed by atoms with E-state index in [0.717, 1.165) is 11.0 Å². The monoisotopic (exact) mass is 229 g/mol. The Labute approximate surface area is 102 Å². The van der Waals surface area contributed by atoms with Crippen molar-refractivity contribution in [2.75, 3.05) is 0 Å². The molecule has 3 heteroatoms. The van der Waals surface area contributed by atoms with Gasteiger partial charge < -0.3 is 0 Å². The van der Waals surface area contributed by atoms with Crippen molar-refractivity contribution in [3.8, 4) is 0 Å². The van der Waals surface area contributed by atoms with E-state index in [4.69, 9.17) is 0 Å². The van der Waals surface area contributed by atoms with Gasteiger partial charge >= 0.3 is 0 Å². The van der Waals surface area contributed by atoms with E-state index in [-0.39, 0.29) is 0 Å². The molecule has 0 radical (unpaired) electrons. The second-order valence-corrected chi connectivity index (χ2v) is 5.18. The molecule has 17 heavy (non-hydrogen) atoms. The first-order valence-corrected chi connectivity index (χ1v) is 6.66. The van der Waals surface area contributed by atoms with Crippen molar-refractivity contribution in [1.29, 1.82) is 0 Å². The minimum Gasteiger partial charge on any atom is -0.197 e. The predicted octanol–water partition coefficient (Wildman–Crippen LogP) is 3.70. The maximum Gasteiger partial charge on any atom is 0.116 e. The van der Waals surface area contributed by atoms with Crippen LogP contribution in [0.1, 0.15) is 55.6 Å². The molecule has 1 N–H and O–H groups in total. The fourth-order valence-electron chi connectivity index (χ4n) is 3.12. The first kappa shape index (κ1) is 10.8. The topological polar surface area (TPSA) is 41.6 Å². The van der Waals surface area contributed by atoms with E-state index in [2.05, 4.69) is 34.5 Å². The Morgan fingerprint density at radius 1 is 1.06 bits per heavy atom. The van der Waals surface area contributed by atoms with Gasteiger partial charge in [-0.1, -0.05) is 31.7 Å². The maximum absolute atomic E-state index is 4.35. The zero-order chi connectivity index (χ0) is 11.7. The Morgan fingerprint density at radius 3 is 2.59 bits per heavy atom. The molecule has 1 saturated carbocycles. The van der Waals surface area contributed by atoms with Crippen LogP contribution in [-0.2, 0) is 0 Å². The highest BCUT2D eigenvalue weighted by Crippen LogP contribution is 2.36. The molecular formula is C14H19N3. The fraction of sp³-hybridized carbons (Fsp3) is 0.571. The summed E-state index contributed by atoms with van der Waals surface area (Å²) in [5.41, 5.74) is 4.92. The van der Waals surface area contributed by atoms with Gasteiger partial charge in [-0.3, -0.25) is 0 Å². The summed E-state index contributed by atoms with van der Waals surface area (Å²) < 4.78 is 0. The number of aryl methyl sites for hydroxylation is 1. The van der Waals surface area contributed by atoms with Crippen LogP contribution in [0.2, 0.25) is 0 Å². The minimum atomic E-state index is 0.686. The van der Waals surface area contributed by atoms with Crippen molar-refractivity contribution in [2.45, 2.75) is 51.4 Å². The van der Waals surface area contributed by atoms with Gasteiger partial charge in [-0.15, -0.1) is 0 Å². The van der Waals surface area contributed by atoms with Gasteiger partial charge in [0.1, 0.15) is 11.0 Å². The number of H-pyrrole nitrogens is 1. The summed E-state index contributed by atoms with van der Waals surface area (Å²) in [7, 11) is 0. The molecule has 3 nitrogen and oxygen atoms in total. The summed E-state index contributed by atoms with van der Waals surface area (Å²) in [6, 6.07) is 4.25.